The van der Waals surface area contributed by atoms with E-state index in [2.05, 4.69) is 4.90 Å². The Labute approximate surface area is 98.9 Å². The van der Waals surface area contributed by atoms with Crippen LogP contribution in [0.3, 0.4) is 0 Å². The minimum atomic E-state index is -0.0167. The second-order valence-electron chi connectivity index (χ2n) is 3.87. The molecule has 0 radical (unpaired) electrons. The molecule has 0 aliphatic carbocycles. The number of carbonyl (C=O) groups is 1. The molecule has 0 N–H and O–H groups in total. The van der Waals surface area contributed by atoms with Crippen molar-refractivity contribution < 1.29 is 14.3 Å². The van der Waals surface area contributed by atoms with E-state index in [0.717, 1.165) is 26.1 Å². The SMILES string of the molecule is CCC(=O)C(C)N(CCCOC)CCOC. The molecule has 0 amide bonds. The predicted molar refractivity (Wildman–Crippen MR) is 64.7 cm³/mol. The van der Waals surface area contributed by atoms with Gasteiger partial charge in [0.1, 0.15) is 5.78 Å². The lowest BCUT2D eigenvalue weighted by Crippen LogP contribution is -2.41. The fraction of sp³-hybridized carbons (Fsp3) is 0.917. The molecule has 0 saturated heterocycles. The van der Waals surface area contributed by atoms with Crippen molar-refractivity contribution in [3.63, 3.8) is 0 Å². The third kappa shape index (κ3) is 6.20. The molecule has 4 nitrogen and oxygen atoms in total. The van der Waals surface area contributed by atoms with Crippen LogP contribution in [-0.4, -0.2) is 57.2 Å². The standard InChI is InChI=1S/C12H25NO3/c1-5-12(14)11(2)13(8-10-16-4)7-6-9-15-3/h11H,5-10H2,1-4H3. The number of nitrogens with zero attached hydrogens (tertiary/aromatic N) is 1. The lowest BCUT2D eigenvalue weighted by molar-refractivity contribution is -0.123. The third-order valence-electron chi connectivity index (χ3n) is 2.74. The third-order valence-corrected chi connectivity index (χ3v) is 2.74. The summed E-state index contributed by atoms with van der Waals surface area (Å²) in [5.74, 6) is 0.286. The lowest BCUT2D eigenvalue weighted by Gasteiger charge is -2.27. The molecule has 1 atom stereocenters. The Bertz CT molecular complexity index is 185. The molecule has 0 fully saturated rings. The average molecular weight is 231 g/mol. The van der Waals surface area contributed by atoms with Gasteiger partial charge in [0.2, 0.25) is 0 Å². The Balaban J connectivity index is 4.11. The van der Waals surface area contributed by atoms with E-state index >= 15 is 0 Å². The monoisotopic (exact) mass is 231 g/mol. The van der Waals surface area contributed by atoms with Gasteiger partial charge >= 0.3 is 0 Å². The molecule has 1 unspecified atom stereocenters. The fourth-order valence-electron chi connectivity index (χ4n) is 1.62. The van der Waals surface area contributed by atoms with E-state index in [1.807, 2.05) is 13.8 Å². The summed E-state index contributed by atoms with van der Waals surface area (Å²) in [5.41, 5.74) is 0. The van der Waals surface area contributed by atoms with Crippen LogP contribution in [0.25, 0.3) is 0 Å². The van der Waals surface area contributed by atoms with Gasteiger partial charge in [-0.2, -0.15) is 0 Å². The number of ether oxygens (including phenoxy) is 2. The van der Waals surface area contributed by atoms with Crippen molar-refractivity contribution in [2.24, 2.45) is 0 Å². The Morgan fingerprint density at radius 2 is 1.81 bits per heavy atom. The van der Waals surface area contributed by atoms with Gasteiger partial charge in [0.05, 0.1) is 12.6 Å². The summed E-state index contributed by atoms with van der Waals surface area (Å²) in [5, 5.41) is 0. The van der Waals surface area contributed by atoms with Crippen molar-refractivity contribution in [2.75, 3.05) is 40.5 Å². The Kier molecular flexibility index (Phi) is 9.48. The molecular formula is C12H25NO3. The molecule has 96 valence electrons. The Hall–Kier alpha value is -0.450. The zero-order valence-electron chi connectivity index (χ0n) is 11.0. The predicted octanol–water partition coefficient (Wildman–Crippen LogP) is 1.34. The van der Waals surface area contributed by atoms with Gasteiger partial charge < -0.3 is 9.47 Å². The molecule has 0 spiro atoms. The zero-order valence-corrected chi connectivity index (χ0v) is 11.0. The van der Waals surface area contributed by atoms with Crippen molar-refractivity contribution in [2.45, 2.75) is 32.7 Å². The first-order valence-corrected chi connectivity index (χ1v) is 5.92. The molecule has 0 bridgehead atoms. The van der Waals surface area contributed by atoms with Crippen molar-refractivity contribution in [1.82, 2.24) is 4.90 Å². The van der Waals surface area contributed by atoms with E-state index in [0.29, 0.717) is 13.0 Å². The van der Waals surface area contributed by atoms with E-state index in [-0.39, 0.29) is 11.8 Å². The smallest absolute Gasteiger partial charge is 0.149 e. The van der Waals surface area contributed by atoms with Gasteiger partial charge in [-0.05, 0) is 13.3 Å². The van der Waals surface area contributed by atoms with Crippen molar-refractivity contribution in [3.8, 4) is 0 Å². The van der Waals surface area contributed by atoms with Crippen LogP contribution in [0.2, 0.25) is 0 Å². The highest BCUT2D eigenvalue weighted by molar-refractivity contribution is 5.83. The van der Waals surface area contributed by atoms with Crippen molar-refractivity contribution in [1.29, 1.82) is 0 Å². The minimum absolute atomic E-state index is 0.0167. The van der Waals surface area contributed by atoms with E-state index in [1.54, 1.807) is 14.2 Å². The lowest BCUT2D eigenvalue weighted by atomic mass is 10.1. The number of hydrogen-bond donors (Lipinski definition) is 0. The first-order valence-electron chi connectivity index (χ1n) is 5.92. The molecule has 0 aromatic carbocycles. The van der Waals surface area contributed by atoms with Crippen molar-refractivity contribution in [3.05, 3.63) is 0 Å². The molecule has 0 rings (SSSR count). The first kappa shape index (κ1) is 15.6. The summed E-state index contributed by atoms with van der Waals surface area (Å²) >= 11 is 0. The normalized spacial score (nSPS) is 13.1. The van der Waals surface area contributed by atoms with Gasteiger partial charge in [-0.1, -0.05) is 6.92 Å². The summed E-state index contributed by atoms with van der Waals surface area (Å²) in [4.78, 5) is 13.8. The number of rotatable bonds is 10. The summed E-state index contributed by atoms with van der Waals surface area (Å²) in [6, 6.07) is -0.0167. The molecule has 0 aliphatic rings. The van der Waals surface area contributed by atoms with Gasteiger partial charge in [-0.25, -0.2) is 0 Å². The molecule has 0 aliphatic heterocycles. The Morgan fingerprint density at radius 3 is 2.31 bits per heavy atom. The van der Waals surface area contributed by atoms with Gasteiger partial charge in [-0.15, -0.1) is 0 Å². The number of methoxy groups -OCH3 is 2. The van der Waals surface area contributed by atoms with Gasteiger partial charge in [-0.3, -0.25) is 9.69 Å². The topological polar surface area (TPSA) is 38.8 Å². The quantitative estimate of drug-likeness (QED) is 0.532. The molecule has 4 heteroatoms. The summed E-state index contributed by atoms with van der Waals surface area (Å²) in [7, 11) is 3.37. The van der Waals surface area contributed by atoms with E-state index in [1.165, 1.54) is 0 Å². The molecule has 16 heavy (non-hydrogen) atoms. The van der Waals surface area contributed by atoms with E-state index in [4.69, 9.17) is 9.47 Å². The van der Waals surface area contributed by atoms with Crippen molar-refractivity contribution >= 4 is 5.78 Å². The van der Waals surface area contributed by atoms with Crippen LogP contribution in [-0.2, 0) is 14.3 Å². The highest BCUT2D eigenvalue weighted by atomic mass is 16.5. The number of hydrogen-bond acceptors (Lipinski definition) is 4. The molecular weight excluding hydrogens is 206 g/mol. The maximum absolute atomic E-state index is 11.6. The van der Waals surface area contributed by atoms with Crippen LogP contribution >= 0.6 is 0 Å². The second kappa shape index (κ2) is 9.75. The van der Waals surface area contributed by atoms with Crippen LogP contribution in [0, 0.1) is 0 Å². The summed E-state index contributed by atoms with van der Waals surface area (Å²) in [6.45, 7) is 6.94. The Morgan fingerprint density at radius 1 is 1.19 bits per heavy atom. The average Bonchev–Trinajstić information content (AvgIpc) is 2.31. The molecule has 0 saturated carbocycles. The zero-order chi connectivity index (χ0) is 12.4. The first-order chi connectivity index (χ1) is 7.67. The highest BCUT2D eigenvalue weighted by Crippen LogP contribution is 2.04. The van der Waals surface area contributed by atoms with Gasteiger partial charge in [0.25, 0.3) is 0 Å². The van der Waals surface area contributed by atoms with E-state index in [9.17, 15) is 4.79 Å². The van der Waals surface area contributed by atoms with Crippen LogP contribution in [0.15, 0.2) is 0 Å². The molecule has 0 aromatic heterocycles. The van der Waals surface area contributed by atoms with Crippen LogP contribution in [0.1, 0.15) is 26.7 Å². The minimum Gasteiger partial charge on any atom is -0.385 e. The number of ketones is 1. The van der Waals surface area contributed by atoms with Crippen LogP contribution in [0.5, 0.6) is 0 Å². The van der Waals surface area contributed by atoms with E-state index < -0.39 is 0 Å². The molecule has 0 heterocycles. The summed E-state index contributed by atoms with van der Waals surface area (Å²) in [6.07, 6.45) is 1.54. The van der Waals surface area contributed by atoms with Crippen LogP contribution < -0.4 is 0 Å². The maximum atomic E-state index is 11.6. The van der Waals surface area contributed by atoms with Gasteiger partial charge in [0.15, 0.2) is 0 Å². The number of carbonyl (C=O) groups excluding carboxylic acids is 1. The van der Waals surface area contributed by atoms with Gasteiger partial charge in [0, 0.05) is 40.3 Å². The second-order valence-corrected chi connectivity index (χ2v) is 3.87. The highest BCUT2D eigenvalue weighted by Gasteiger charge is 2.18. The molecule has 0 aromatic rings. The maximum Gasteiger partial charge on any atom is 0.149 e. The number of Topliss-reactive ketones (excluding diaryl/α,β-unsaturated/α-hetero) is 1. The largest absolute Gasteiger partial charge is 0.385 e. The van der Waals surface area contributed by atoms with Crippen LogP contribution in [0.4, 0.5) is 0 Å². The fourth-order valence-corrected chi connectivity index (χ4v) is 1.62. The summed E-state index contributed by atoms with van der Waals surface area (Å²) < 4.78 is 10.1.